The third-order valence-electron chi connectivity index (χ3n) is 4.47. The normalized spacial score (nSPS) is 37.2. The first kappa shape index (κ1) is 16.9. The number of piperidine rings is 2. The minimum Gasteiger partial charge on any atom is -0.354 e. The van der Waals surface area contributed by atoms with Gasteiger partial charge in [0.25, 0.3) is 0 Å². The zero-order chi connectivity index (χ0) is 15.3. The molecule has 114 valence electrons. The van der Waals surface area contributed by atoms with E-state index in [1.807, 2.05) is 13.0 Å². The summed E-state index contributed by atoms with van der Waals surface area (Å²) in [6.07, 6.45) is 5.83. The van der Waals surface area contributed by atoms with Crippen LogP contribution in [0.25, 0.3) is 0 Å². The van der Waals surface area contributed by atoms with Crippen molar-refractivity contribution in [3.63, 3.8) is 0 Å². The molecule has 2 rings (SSSR count). The average Bonchev–Trinajstić information content (AvgIpc) is 2.36. The maximum absolute atomic E-state index is 11.6. The lowest BCUT2D eigenvalue weighted by Gasteiger charge is -2.39. The van der Waals surface area contributed by atoms with E-state index in [2.05, 4.69) is 31.1 Å². The molecule has 2 aliphatic rings. The largest absolute Gasteiger partial charge is 0.354 e. The van der Waals surface area contributed by atoms with Gasteiger partial charge in [-0.15, -0.1) is 6.58 Å². The summed E-state index contributed by atoms with van der Waals surface area (Å²) in [6, 6.07) is 0.741. The van der Waals surface area contributed by atoms with E-state index in [1.54, 1.807) is 0 Å². The highest BCUT2D eigenvalue weighted by atomic mass is 28.1. The molecule has 2 fully saturated rings. The van der Waals surface area contributed by atoms with Crippen LogP contribution in [-0.2, 0) is 9.59 Å². The molecule has 4 atom stereocenters. The quantitative estimate of drug-likeness (QED) is 0.558. The van der Waals surface area contributed by atoms with E-state index in [9.17, 15) is 9.59 Å². The molecular formula is C15H28N2O2Si. The van der Waals surface area contributed by atoms with Crippen LogP contribution in [0.15, 0.2) is 12.7 Å². The molecular weight excluding hydrogens is 268 g/mol. The zero-order valence-corrected chi connectivity index (χ0v) is 15.2. The van der Waals surface area contributed by atoms with Crippen molar-refractivity contribution in [2.24, 2.45) is 5.92 Å². The van der Waals surface area contributed by atoms with Crippen LogP contribution in [0.1, 0.15) is 46.5 Å². The highest BCUT2D eigenvalue weighted by molar-refractivity contribution is 6.30. The summed E-state index contributed by atoms with van der Waals surface area (Å²) in [7, 11) is 0.859. The predicted octanol–water partition coefficient (Wildman–Crippen LogP) is 0.916. The minimum atomic E-state index is -0.230. The maximum atomic E-state index is 11.6. The van der Waals surface area contributed by atoms with Gasteiger partial charge < -0.3 is 10.6 Å². The molecule has 0 aromatic carbocycles. The Kier molecular flexibility index (Phi) is 5.99. The van der Waals surface area contributed by atoms with Crippen molar-refractivity contribution in [2.75, 3.05) is 0 Å². The Morgan fingerprint density at radius 3 is 2.30 bits per heavy atom. The molecule has 2 N–H and O–H groups in total. The van der Waals surface area contributed by atoms with Crippen LogP contribution in [0.3, 0.4) is 0 Å². The van der Waals surface area contributed by atoms with Gasteiger partial charge >= 0.3 is 0 Å². The first-order valence-corrected chi connectivity index (χ1v) is 8.53. The predicted molar refractivity (Wildman–Crippen MR) is 85.7 cm³/mol. The second-order valence-corrected chi connectivity index (χ2v) is 8.01. The average molecular weight is 296 g/mol. The second kappa shape index (κ2) is 7.06. The van der Waals surface area contributed by atoms with Crippen LogP contribution in [-0.4, -0.2) is 34.1 Å². The fourth-order valence-electron chi connectivity index (χ4n) is 2.72. The molecule has 2 heterocycles. The molecule has 0 aromatic heterocycles. The first-order chi connectivity index (χ1) is 9.29. The van der Waals surface area contributed by atoms with E-state index in [0.717, 1.165) is 35.9 Å². The number of hydrogen-bond donors (Lipinski definition) is 2. The standard InChI is InChI=1S/C9H17NOSi.C6H11NO/c1-4-9(12)6(2)5-7(3)10-8(9)11;1-5-3-2-4-6(8)7-5/h4,6-7H,1,5H2,2-3,12H3,(H,10,11);5H,2-4H2,1H3,(H,7,8). The van der Waals surface area contributed by atoms with Gasteiger partial charge in [-0.25, -0.2) is 0 Å². The van der Waals surface area contributed by atoms with Crippen molar-refractivity contribution >= 4 is 22.1 Å². The first-order valence-electron chi connectivity index (χ1n) is 7.53. The van der Waals surface area contributed by atoms with Gasteiger partial charge in [0.15, 0.2) is 0 Å². The SMILES string of the molecule is C=CC1([SiH3])C(=O)NC(C)CC1C.CC1CCCC(=O)N1. The van der Waals surface area contributed by atoms with Gasteiger partial charge in [0, 0.05) is 28.7 Å². The summed E-state index contributed by atoms with van der Waals surface area (Å²) in [5, 5.41) is 5.59. The molecule has 4 nitrogen and oxygen atoms in total. The topological polar surface area (TPSA) is 58.2 Å². The van der Waals surface area contributed by atoms with E-state index in [-0.39, 0.29) is 16.9 Å². The molecule has 0 spiro atoms. The van der Waals surface area contributed by atoms with Gasteiger partial charge in [-0.3, -0.25) is 9.59 Å². The molecule has 0 aliphatic carbocycles. The minimum absolute atomic E-state index is 0.176. The Balaban J connectivity index is 0.000000217. The molecule has 4 unspecified atom stereocenters. The second-order valence-electron chi connectivity index (χ2n) is 6.36. The molecule has 0 bridgehead atoms. The van der Waals surface area contributed by atoms with Crippen LogP contribution in [0.4, 0.5) is 0 Å². The highest BCUT2D eigenvalue weighted by Crippen LogP contribution is 2.39. The number of hydrogen-bond acceptors (Lipinski definition) is 2. The Hall–Kier alpha value is -1.10. The van der Waals surface area contributed by atoms with E-state index >= 15 is 0 Å². The Labute approximate surface area is 125 Å². The van der Waals surface area contributed by atoms with E-state index < -0.39 is 0 Å². The van der Waals surface area contributed by atoms with Gasteiger partial charge in [-0.05, 0) is 39.0 Å². The molecule has 0 aromatic rings. The Morgan fingerprint density at radius 1 is 1.25 bits per heavy atom. The fraction of sp³-hybridized carbons (Fsp3) is 0.733. The number of rotatable bonds is 1. The third kappa shape index (κ3) is 4.20. The van der Waals surface area contributed by atoms with E-state index in [1.165, 1.54) is 0 Å². The van der Waals surface area contributed by atoms with Crippen molar-refractivity contribution in [2.45, 2.75) is 63.6 Å². The number of amides is 2. The molecule has 0 radical (unpaired) electrons. The number of nitrogens with one attached hydrogen (secondary N) is 2. The van der Waals surface area contributed by atoms with Crippen LogP contribution >= 0.6 is 0 Å². The lowest BCUT2D eigenvalue weighted by molar-refractivity contribution is -0.126. The lowest BCUT2D eigenvalue weighted by atomic mass is 9.83. The molecule has 2 saturated heterocycles. The van der Waals surface area contributed by atoms with Gasteiger partial charge in [0.2, 0.25) is 11.8 Å². The number of carbonyl (C=O) groups is 2. The number of carbonyl (C=O) groups excluding carboxylic acids is 2. The maximum Gasteiger partial charge on any atom is 0.226 e. The van der Waals surface area contributed by atoms with Crippen molar-refractivity contribution in [3.8, 4) is 0 Å². The van der Waals surface area contributed by atoms with Gasteiger partial charge in [0.05, 0.1) is 5.04 Å². The zero-order valence-electron chi connectivity index (χ0n) is 13.2. The van der Waals surface area contributed by atoms with Crippen LogP contribution in [0.2, 0.25) is 5.04 Å². The molecule has 2 amide bonds. The van der Waals surface area contributed by atoms with Gasteiger partial charge in [-0.2, -0.15) is 0 Å². The molecule has 5 heteroatoms. The molecule has 0 saturated carbocycles. The van der Waals surface area contributed by atoms with Gasteiger partial charge in [-0.1, -0.05) is 13.0 Å². The summed E-state index contributed by atoms with van der Waals surface area (Å²) in [4.78, 5) is 22.2. The molecule has 20 heavy (non-hydrogen) atoms. The van der Waals surface area contributed by atoms with Crippen LogP contribution in [0.5, 0.6) is 0 Å². The lowest BCUT2D eigenvalue weighted by Crippen LogP contribution is -2.49. The van der Waals surface area contributed by atoms with Crippen molar-refractivity contribution in [3.05, 3.63) is 12.7 Å². The summed E-state index contributed by atoms with van der Waals surface area (Å²) in [5.41, 5.74) is 0. The van der Waals surface area contributed by atoms with Crippen LogP contribution < -0.4 is 10.6 Å². The van der Waals surface area contributed by atoms with E-state index in [4.69, 9.17) is 0 Å². The summed E-state index contributed by atoms with van der Waals surface area (Å²) in [6.45, 7) is 9.99. The van der Waals surface area contributed by atoms with Crippen molar-refractivity contribution < 1.29 is 9.59 Å². The van der Waals surface area contributed by atoms with Gasteiger partial charge in [0.1, 0.15) is 0 Å². The fourth-order valence-corrected chi connectivity index (χ4v) is 3.10. The molecule has 2 aliphatic heterocycles. The van der Waals surface area contributed by atoms with Crippen molar-refractivity contribution in [1.29, 1.82) is 0 Å². The Morgan fingerprint density at radius 2 is 1.90 bits per heavy atom. The summed E-state index contributed by atoms with van der Waals surface area (Å²) < 4.78 is 0. The monoisotopic (exact) mass is 296 g/mol. The summed E-state index contributed by atoms with van der Waals surface area (Å²) in [5.74, 6) is 0.838. The Bertz CT molecular complexity index is 386. The highest BCUT2D eigenvalue weighted by Gasteiger charge is 2.40. The van der Waals surface area contributed by atoms with E-state index in [0.29, 0.717) is 18.0 Å². The van der Waals surface area contributed by atoms with Crippen LogP contribution in [0, 0.1) is 5.92 Å². The third-order valence-corrected chi connectivity index (χ3v) is 6.32. The smallest absolute Gasteiger partial charge is 0.226 e. The summed E-state index contributed by atoms with van der Waals surface area (Å²) >= 11 is 0. The van der Waals surface area contributed by atoms with Crippen molar-refractivity contribution in [1.82, 2.24) is 10.6 Å².